The third kappa shape index (κ3) is 6.77. The SMILES string of the molecule is CCCCCCCCC(O)Cc1ccc(C)c(C)c1. The number of aliphatic hydroxyl groups excluding tert-OH is 1. The summed E-state index contributed by atoms with van der Waals surface area (Å²) in [6, 6.07) is 6.51. The molecule has 0 radical (unpaired) electrons. The summed E-state index contributed by atoms with van der Waals surface area (Å²) >= 11 is 0. The molecule has 0 saturated carbocycles. The highest BCUT2D eigenvalue weighted by atomic mass is 16.3. The predicted octanol–water partition coefficient (Wildman–Crippen LogP) is 4.96. The standard InChI is InChI=1S/C18H30O/c1-4-5-6-7-8-9-10-18(19)14-17-12-11-15(2)16(3)13-17/h11-13,18-19H,4-10,14H2,1-3H3. The first-order chi connectivity index (χ1) is 9.13. The Labute approximate surface area is 119 Å². The molecule has 0 aliphatic heterocycles. The summed E-state index contributed by atoms with van der Waals surface area (Å²) in [6.45, 7) is 6.51. The lowest BCUT2D eigenvalue weighted by molar-refractivity contribution is 0.161. The molecule has 1 nitrogen and oxygen atoms in total. The van der Waals surface area contributed by atoms with E-state index in [-0.39, 0.29) is 6.10 Å². The number of hydrogen-bond donors (Lipinski definition) is 1. The molecule has 1 aromatic carbocycles. The quantitative estimate of drug-likeness (QED) is 0.624. The van der Waals surface area contributed by atoms with Gasteiger partial charge in [-0.15, -0.1) is 0 Å². The van der Waals surface area contributed by atoms with Gasteiger partial charge in [0.05, 0.1) is 6.10 Å². The van der Waals surface area contributed by atoms with Gasteiger partial charge in [-0.3, -0.25) is 0 Å². The highest BCUT2D eigenvalue weighted by Crippen LogP contribution is 2.15. The van der Waals surface area contributed by atoms with Crippen molar-refractivity contribution in [1.82, 2.24) is 0 Å². The van der Waals surface area contributed by atoms with Crippen LogP contribution < -0.4 is 0 Å². The number of rotatable bonds is 9. The average Bonchev–Trinajstić information content (AvgIpc) is 2.38. The number of aryl methyl sites for hydroxylation is 2. The van der Waals surface area contributed by atoms with Gasteiger partial charge in [-0.2, -0.15) is 0 Å². The molecule has 0 aromatic heterocycles. The van der Waals surface area contributed by atoms with Crippen molar-refractivity contribution in [3.8, 4) is 0 Å². The molecular weight excluding hydrogens is 232 g/mol. The molecule has 1 aromatic rings. The Kier molecular flexibility index (Phi) is 7.81. The lowest BCUT2D eigenvalue weighted by atomic mass is 9.99. The number of benzene rings is 1. The topological polar surface area (TPSA) is 20.2 Å². The van der Waals surface area contributed by atoms with Crippen LogP contribution in [0.1, 0.15) is 68.6 Å². The van der Waals surface area contributed by atoms with Crippen LogP contribution in [0.5, 0.6) is 0 Å². The molecule has 0 spiro atoms. The van der Waals surface area contributed by atoms with Crippen LogP contribution in [0.25, 0.3) is 0 Å². The summed E-state index contributed by atoms with van der Waals surface area (Å²) in [6.07, 6.45) is 9.33. The molecule has 0 amide bonds. The predicted molar refractivity (Wildman–Crippen MR) is 83.6 cm³/mol. The fraction of sp³-hybridized carbons (Fsp3) is 0.667. The van der Waals surface area contributed by atoms with E-state index in [1.165, 1.54) is 48.8 Å². The molecule has 1 rings (SSSR count). The molecule has 1 heteroatoms. The molecule has 1 unspecified atom stereocenters. The lowest BCUT2D eigenvalue weighted by Crippen LogP contribution is -2.10. The van der Waals surface area contributed by atoms with Gasteiger partial charge in [0.15, 0.2) is 0 Å². The fourth-order valence-electron chi connectivity index (χ4n) is 2.46. The van der Waals surface area contributed by atoms with Crippen molar-refractivity contribution in [1.29, 1.82) is 0 Å². The van der Waals surface area contributed by atoms with Crippen LogP contribution in [-0.4, -0.2) is 11.2 Å². The second-order valence-electron chi connectivity index (χ2n) is 5.83. The van der Waals surface area contributed by atoms with Crippen molar-refractivity contribution < 1.29 is 5.11 Å². The van der Waals surface area contributed by atoms with Crippen LogP contribution in [-0.2, 0) is 6.42 Å². The van der Waals surface area contributed by atoms with Crippen LogP contribution in [0.2, 0.25) is 0 Å². The Hall–Kier alpha value is -0.820. The second kappa shape index (κ2) is 9.14. The van der Waals surface area contributed by atoms with Crippen LogP contribution in [0.3, 0.4) is 0 Å². The molecule has 1 atom stereocenters. The number of aliphatic hydroxyl groups is 1. The van der Waals surface area contributed by atoms with E-state index in [0.717, 1.165) is 19.3 Å². The van der Waals surface area contributed by atoms with Crippen molar-refractivity contribution in [2.24, 2.45) is 0 Å². The molecule has 0 aliphatic carbocycles. The smallest absolute Gasteiger partial charge is 0.0580 e. The Morgan fingerprint density at radius 1 is 0.947 bits per heavy atom. The largest absolute Gasteiger partial charge is 0.393 e. The Balaban J connectivity index is 2.19. The van der Waals surface area contributed by atoms with Gasteiger partial charge in [0.25, 0.3) is 0 Å². The van der Waals surface area contributed by atoms with Crippen LogP contribution in [0.4, 0.5) is 0 Å². The summed E-state index contributed by atoms with van der Waals surface area (Å²) in [5.74, 6) is 0. The van der Waals surface area contributed by atoms with Gasteiger partial charge in [0.1, 0.15) is 0 Å². The van der Waals surface area contributed by atoms with Gasteiger partial charge >= 0.3 is 0 Å². The zero-order valence-corrected chi connectivity index (χ0v) is 12.9. The molecule has 0 fully saturated rings. The van der Waals surface area contributed by atoms with E-state index < -0.39 is 0 Å². The van der Waals surface area contributed by atoms with Gasteiger partial charge in [-0.1, -0.05) is 63.6 Å². The zero-order valence-electron chi connectivity index (χ0n) is 12.9. The monoisotopic (exact) mass is 262 g/mol. The van der Waals surface area contributed by atoms with Crippen LogP contribution in [0.15, 0.2) is 18.2 Å². The molecular formula is C18H30O. The van der Waals surface area contributed by atoms with Gasteiger partial charge < -0.3 is 5.11 Å². The molecule has 108 valence electrons. The average molecular weight is 262 g/mol. The third-order valence-corrected chi connectivity index (χ3v) is 3.93. The van der Waals surface area contributed by atoms with Crippen LogP contribution >= 0.6 is 0 Å². The summed E-state index contributed by atoms with van der Waals surface area (Å²) in [7, 11) is 0. The lowest BCUT2D eigenvalue weighted by Gasteiger charge is -2.12. The van der Waals surface area contributed by atoms with E-state index >= 15 is 0 Å². The van der Waals surface area contributed by atoms with Gasteiger partial charge in [-0.05, 0) is 43.4 Å². The molecule has 19 heavy (non-hydrogen) atoms. The van der Waals surface area contributed by atoms with Gasteiger partial charge in [0.2, 0.25) is 0 Å². The van der Waals surface area contributed by atoms with Crippen molar-refractivity contribution >= 4 is 0 Å². The Morgan fingerprint density at radius 3 is 2.32 bits per heavy atom. The first kappa shape index (κ1) is 16.2. The normalized spacial score (nSPS) is 12.6. The maximum Gasteiger partial charge on any atom is 0.0580 e. The van der Waals surface area contributed by atoms with Crippen molar-refractivity contribution in [2.75, 3.05) is 0 Å². The van der Waals surface area contributed by atoms with E-state index in [1.807, 2.05) is 0 Å². The molecule has 0 bridgehead atoms. The van der Waals surface area contributed by atoms with Crippen LogP contribution in [0, 0.1) is 13.8 Å². The first-order valence-corrected chi connectivity index (χ1v) is 7.87. The van der Waals surface area contributed by atoms with Crippen molar-refractivity contribution in [3.05, 3.63) is 34.9 Å². The van der Waals surface area contributed by atoms with Crippen molar-refractivity contribution in [2.45, 2.75) is 78.2 Å². The van der Waals surface area contributed by atoms with Gasteiger partial charge in [0, 0.05) is 0 Å². The Bertz CT molecular complexity index is 357. The minimum Gasteiger partial charge on any atom is -0.393 e. The fourth-order valence-corrected chi connectivity index (χ4v) is 2.46. The van der Waals surface area contributed by atoms with E-state index in [2.05, 4.69) is 39.0 Å². The van der Waals surface area contributed by atoms with E-state index in [4.69, 9.17) is 0 Å². The van der Waals surface area contributed by atoms with Gasteiger partial charge in [-0.25, -0.2) is 0 Å². The first-order valence-electron chi connectivity index (χ1n) is 7.87. The molecule has 0 saturated heterocycles. The highest BCUT2D eigenvalue weighted by Gasteiger charge is 2.06. The summed E-state index contributed by atoms with van der Waals surface area (Å²) in [5, 5.41) is 10.1. The zero-order chi connectivity index (χ0) is 14.1. The molecule has 0 heterocycles. The maximum absolute atomic E-state index is 10.1. The number of unbranched alkanes of at least 4 members (excludes halogenated alkanes) is 5. The highest BCUT2D eigenvalue weighted by molar-refractivity contribution is 5.30. The summed E-state index contributed by atoms with van der Waals surface area (Å²) in [4.78, 5) is 0. The van der Waals surface area contributed by atoms with E-state index in [9.17, 15) is 5.11 Å². The summed E-state index contributed by atoms with van der Waals surface area (Å²) in [5.41, 5.74) is 3.92. The minimum atomic E-state index is -0.173. The maximum atomic E-state index is 10.1. The minimum absolute atomic E-state index is 0.173. The molecule has 0 aliphatic rings. The van der Waals surface area contributed by atoms with E-state index in [0.29, 0.717) is 0 Å². The molecule has 1 N–H and O–H groups in total. The second-order valence-corrected chi connectivity index (χ2v) is 5.83. The van der Waals surface area contributed by atoms with Crippen molar-refractivity contribution in [3.63, 3.8) is 0 Å². The van der Waals surface area contributed by atoms with E-state index in [1.54, 1.807) is 0 Å². The Morgan fingerprint density at radius 2 is 1.63 bits per heavy atom. The summed E-state index contributed by atoms with van der Waals surface area (Å²) < 4.78 is 0. The third-order valence-electron chi connectivity index (χ3n) is 3.93. The number of hydrogen-bond acceptors (Lipinski definition) is 1.